The average Bonchev–Trinajstić information content (AvgIpc) is 3.23. The van der Waals surface area contributed by atoms with Gasteiger partial charge < -0.3 is 31.8 Å². The van der Waals surface area contributed by atoms with Crippen LogP contribution in [0.5, 0.6) is 17.2 Å². The maximum absolute atomic E-state index is 12.4. The molecule has 0 spiro atoms. The molecule has 3 aromatic rings. The second-order valence-electron chi connectivity index (χ2n) is 14.8. The summed E-state index contributed by atoms with van der Waals surface area (Å²) in [6.45, 7) is 0.243. The Labute approximate surface area is 319 Å². The van der Waals surface area contributed by atoms with Crippen molar-refractivity contribution >= 4 is 11.8 Å². The minimum Gasteiger partial charge on any atom is -0.508 e. The number of ether oxygens (including phenoxy) is 2. The summed E-state index contributed by atoms with van der Waals surface area (Å²) >= 11 is 0. The Bertz CT molecular complexity index is 1700. The van der Waals surface area contributed by atoms with Crippen LogP contribution in [0, 0.1) is 11.3 Å². The molecule has 0 aromatic heterocycles. The molecular weight excluding hydrogens is 684 g/mol. The van der Waals surface area contributed by atoms with Crippen LogP contribution in [0.3, 0.4) is 0 Å². The van der Waals surface area contributed by atoms with Crippen LogP contribution < -0.4 is 26.7 Å². The van der Waals surface area contributed by atoms with Gasteiger partial charge in [0.05, 0.1) is 35.8 Å². The minimum atomic E-state index is -0.557. The highest BCUT2D eigenvalue weighted by Gasteiger charge is 2.40. The molecule has 0 atom stereocenters. The largest absolute Gasteiger partial charge is 0.508 e. The van der Waals surface area contributed by atoms with Crippen LogP contribution in [0.2, 0.25) is 0 Å². The van der Waals surface area contributed by atoms with Gasteiger partial charge in [-0.15, -0.1) is 0 Å². The van der Waals surface area contributed by atoms with Crippen molar-refractivity contribution in [3.63, 3.8) is 0 Å². The minimum absolute atomic E-state index is 0.118. The van der Waals surface area contributed by atoms with Crippen LogP contribution in [0.25, 0.3) is 0 Å². The first-order valence-electron chi connectivity index (χ1n) is 19.2. The smallest absolute Gasteiger partial charge is 0.228 e. The first-order valence-corrected chi connectivity index (χ1v) is 19.2. The first kappa shape index (κ1) is 41.9. The van der Waals surface area contributed by atoms with Gasteiger partial charge in [0, 0.05) is 12.1 Å². The molecule has 6 rings (SSSR count). The fourth-order valence-corrected chi connectivity index (χ4v) is 8.16. The zero-order valence-electron chi connectivity index (χ0n) is 31.7. The summed E-state index contributed by atoms with van der Waals surface area (Å²) in [4.78, 5) is 23.7. The number of phenolic OH excluding ortho intramolecular Hbond substituents is 1. The Kier molecular flexibility index (Phi) is 15.5. The van der Waals surface area contributed by atoms with Crippen LogP contribution in [0.1, 0.15) is 113 Å². The SMILES string of the molecule is COc1ccc(C2(C#N)CCCCC2)cc1.NC(=O)C1(c2ccc(O)cc2)CCCCC1.NC/C(=C\F)COc1ccc(C2(C(N)=O)CCCCC2)cc1. The number of primary amides is 2. The van der Waals surface area contributed by atoms with Gasteiger partial charge >= 0.3 is 0 Å². The zero-order valence-corrected chi connectivity index (χ0v) is 31.7. The van der Waals surface area contributed by atoms with Crippen molar-refractivity contribution in [1.29, 1.82) is 5.26 Å². The van der Waals surface area contributed by atoms with Gasteiger partial charge in [-0.3, -0.25) is 9.59 Å². The molecule has 3 saturated carbocycles. The second kappa shape index (κ2) is 20.0. The maximum Gasteiger partial charge on any atom is 0.228 e. The molecule has 0 heterocycles. The molecule has 3 aromatic carbocycles. The molecule has 2 amide bonds. The van der Waals surface area contributed by atoms with Crippen molar-refractivity contribution in [2.75, 3.05) is 20.3 Å². The molecule has 7 N–H and O–H groups in total. The standard InChI is InChI=1S/C17H23FN2O2.C14H17NO.C13H17NO2/c18-10-13(11-19)12-22-15-6-4-14(5-7-15)17(16(20)21)8-2-1-3-9-17;1-16-13-7-5-12(6-8-13)14(11-15)9-3-2-4-10-14;14-12(16)13(8-2-1-3-9-13)10-4-6-11(15)7-5-10/h4-7,10H,1-3,8-9,11-12,19H2,(H2,20,21);5-8H,2-4,9-10H2,1H3;4-7,15H,1-3,8-9H2,(H2,14,16)/b13-10+;;. The van der Waals surface area contributed by atoms with E-state index in [2.05, 4.69) is 6.07 Å². The van der Waals surface area contributed by atoms with Crippen molar-refractivity contribution in [3.8, 4) is 23.3 Å². The Hall–Kier alpha value is -4.88. The van der Waals surface area contributed by atoms with Gasteiger partial charge in [0.25, 0.3) is 0 Å². The summed E-state index contributed by atoms with van der Waals surface area (Å²) in [5.41, 5.74) is 18.7. The highest BCUT2D eigenvalue weighted by molar-refractivity contribution is 5.87. The lowest BCUT2D eigenvalue weighted by Crippen LogP contribution is -2.42. The quantitative estimate of drug-likeness (QED) is 0.163. The third-order valence-electron chi connectivity index (χ3n) is 11.6. The van der Waals surface area contributed by atoms with E-state index < -0.39 is 10.8 Å². The topological polar surface area (TPSA) is 175 Å². The molecule has 0 saturated heterocycles. The number of hydrogen-bond donors (Lipinski definition) is 4. The van der Waals surface area contributed by atoms with Crippen LogP contribution in [0.4, 0.5) is 4.39 Å². The number of hydrogen-bond acceptors (Lipinski definition) is 7. The summed E-state index contributed by atoms with van der Waals surface area (Å²) in [6.07, 6.45) is 15.7. The molecule has 0 aliphatic heterocycles. The van der Waals surface area contributed by atoms with E-state index in [0.29, 0.717) is 17.7 Å². The van der Waals surface area contributed by atoms with E-state index in [9.17, 15) is 24.3 Å². The average molecular weight is 741 g/mol. The first-order chi connectivity index (χ1) is 26.1. The lowest BCUT2D eigenvalue weighted by molar-refractivity contribution is -0.125. The van der Waals surface area contributed by atoms with Gasteiger partial charge in [-0.05, 0) is 91.6 Å². The second-order valence-corrected chi connectivity index (χ2v) is 14.8. The molecule has 0 radical (unpaired) electrons. The number of carbonyl (C=O) groups is 2. The summed E-state index contributed by atoms with van der Waals surface area (Å²) < 4.78 is 23.1. The fraction of sp³-hybridized carbons (Fsp3) is 0.477. The number of aromatic hydroxyl groups is 1. The Morgan fingerprint density at radius 3 is 1.50 bits per heavy atom. The number of nitriles is 1. The molecule has 9 nitrogen and oxygen atoms in total. The number of nitrogens with two attached hydrogens (primary N) is 3. The Morgan fingerprint density at radius 1 is 0.704 bits per heavy atom. The van der Waals surface area contributed by atoms with Gasteiger partial charge in [0.2, 0.25) is 11.8 Å². The van der Waals surface area contributed by atoms with E-state index in [1.807, 2.05) is 48.5 Å². The Morgan fingerprint density at radius 2 is 1.11 bits per heavy atom. The van der Waals surface area contributed by atoms with Crippen molar-refractivity contribution in [3.05, 3.63) is 101 Å². The van der Waals surface area contributed by atoms with Gasteiger partial charge in [0.15, 0.2) is 0 Å². The van der Waals surface area contributed by atoms with Crippen molar-refractivity contribution < 1.29 is 28.6 Å². The van der Waals surface area contributed by atoms with Crippen LogP contribution in [0.15, 0.2) is 84.7 Å². The number of nitrogens with zero attached hydrogens (tertiary/aromatic N) is 1. The van der Waals surface area contributed by atoms with E-state index in [-0.39, 0.29) is 36.1 Å². The predicted molar refractivity (Wildman–Crippen MR) is 210 cm³/mol. The predicted octanol–water partition coefficient (Wildman–Crippen LogP) is 8.06. The number of methoxy groups -OCH3 is 1. The van der Waals surface area contributed by atoms with Crippen molar-refractivity contribution in [2.45, 2.75) is 113 Å². The summed E-state index contributed by atoms with van der Waals surface area (Å²) in [7, 11) is 1.66. The number of carbonyl (C=O) groups excluding carboxylic acids is 2. The van der Waals surface area contributed by atoms with E-state index in [1.54, 1.807) is 31.4 Å². The highest BCUT2D eigenvalue weighted by atomic mass is 19.1. The number of benzene rings is 3. The number of halogens is 1. The monoisotopic (exact) mass is 740 g/mol. The Balaban J connectivity index is 0.000000184. The molecule has 0 bridgehead atoms. The number of amides is 2. The van der Waals surface area contributed by atoms with Gasteiger partial charge in [-0.25, -0.2) is 4.39 Å². The van der Waals surface area contributed by atoms with E-state index in [0.717, 1.165) is 93.1 Å². The lowest BCUT2D eigenvalue weighted by Gasteiger charge is -2.34. The fourth-order valence-electron chi connectivity index (χ4n) is 8.16. The van der Waals surface area contributed by atoms with Crippen LogP contribution >= 0.6 is 0 Å². The number of phenols is 1. The van der Waals surface area contributed by atoms with Crippen molar-refractivity contribution in [2.24, 2.45) is 17.2 Å². The van der Waals surface area contributed by atoms with Crippen molar-refractivity contribution in [1.82, 2.24) is 0 Å². The molecule has 54 heavy (non-hydrogen) atoms. The van der Waals surface area contributed by atoms with Crippen LogP contribution in [-0.2, 0) is 25.8 Å². The molecule has 3 fully saturated rings. The zero-order chi connectivity index (χ0) is 39.0. The van der Waals surface area contributed by atoms with E-state index >= 15 is 0 Å². The molecule has 3 aliphatic rings. The number of rotatable bonds is 10. The third-order valence-corrected chi connectivity index (χ3v) is 11.6. The maximum atomic E-state index is 12.4. The summed E-state index contributed by atoms with van der Waals surface area (Å²) in [5.74, 6) is 1.20. The van der Waals surface area contributed by atoms with Crippen LogP contribution in [-0.4, -0.2) is 37.2 Å². The molecule has 0 unspecified atom stereocenters. The lowest BCUT2D eigenvalue weighted by atomic mass is 9.69. The molecule has 290 valence electrons. The molecular formula is C44H57FN4O5. The summed E-state index contributed by atoms with van der Waals surface area (Å²) in [5, 5.41) is 18.7. The molecule has 10 heteroatoms. The van der Waals surface area contributed by atoms with Gasteiger partial charge in [0.1, 0.15) is 23.9 Å². The normalized spacial score (nSPS) is 18.6. The van der Waals surface area contributed by atoms with E-state index in [4.69, 9.17) is 26.7 Å². The highest BCUT2D eigenvalue weighted by Crippen LogP contribution is 2.42. The van der Waals surface area contributed by atoms with Gasteiger partial charge in [-0.2, -0.15) is 5.26 Å². The van der Waals surface area contributed by atoms with Gasteiger partial charge in [-0.1, -0.05) is 94.2 Å². The molecule has 3 aliphatic carbocycles. The third kappa shape index (κ3) is 10.2. The summed E-state index contributed by atoms with van der Waals surface area (Å²) in [6, 6.07) is 24.7. The van der Waals surface area contributed by atoms with E-state index in [1.165, 1.54) is 25.7 Å².